The molecular formula is C12H13N3O2. The summed E-state index contributed by atoms with van der Waals surface area (Å²) in [5, 5.41) is 9.15. The van der Waals surface area contributed by atoms with Crippen molar-refractivity contribution in [3.8, 4) is 0 Å². The van der Waals surface area contributed by atoms with Gasteiger partial charge in [-0.05, 0) is 12.1 Å². The van der Waals surface area contributed by atoms with Gasteiger partial charge in [0, 0.05) is 13.1 Å². The number of para-hydroxylation sites is 2. The van der Waals surface area contributed by atoms with Crippen LogP contribution in [0.5, 0.6) is 0 Å². The lowest BCUT2D eigenvalue weighted by Gasteiger charge is -2.35. The lowest BCUT2D eigenvalue weighted by atomic mass is 10.2. The molecule has 2 heterocycles. The first-order valence-corrected chi connectivity index (χ1v) is 5.60. The Bertz CT molecular complexity index is 558. The van der Waals surface area contributed by atoms with E-state index >= 15 is 0 Å². The van der Waals surface area contributed by atoms with Gasteiger partial charge in [0.1, 0.15) is 6.54 Å². The van der Waals surface area contributed by atoms with Crippen molar-refractivity contribution >= 4 is 16.9 Å². The summed E-state index contributed by atoms with van der Waals surface area (Å²) < 4.78 is 1.84. The van der Waals surface area contributed by atoms with Crippen molar-refractivity contribution in [2.24, 2.45) is 0 Å². The van der Waals surface area contributed by atoms with Gasteiger partial charge in [-0.1, -0.05) is 12.1 Å². The molecule has 1 aromatic heterocycles. The number of aliphatic hydroxyl groups is 1. The van der Waals surface area contributed by atoms with Gasteiger partial charge in [-0.2, -0.15) is 0 Å². The van der Waals surface area contributed by atoms with Crippen LogP contribution in [-0.4, -0.2) is 44.7 Å². The molecule has 0 saturated carbocycles. The third-order valence-electron chi connectivity index (χ3n) is 3.05. The minimum absolute atomic E-state index is 0.0263. The highest BCUT2D eigenvalue weighted by molar-refractivity contribution is 5.81. The largest absolute Gasteiger partial charge is 0.389 e. The molecule has 0 radical (unpaired) electrons. The van der Waals surface area contributed by atoms with Gasteiger partial charge in [0.15, 0.2) is 0 Å². The number of hydrogen-bond donors (Lipinski definition) is 1. The molecule has 3 rings (SSSR count). The highest BCUT2D eigenvalue weighted by atomic mass is 16.3. The molecule has 0 spiro atoms. The van der Waals surface area contributed by atoms with E-state index in [0.29, 0.717) is 13.1 Å². The van der Waals surface area contributed by atoms with Gasteiger partial charge in [-0.3, -0.25) is 4.79 Å². The van der Waals surface area contributed by atoms with Crippen LogP contribution in [0.25, 0.3) is 11.0 Å². The Balaban J connectivity index is 1.78. The maximum Gasteiger partial charge on any atom is 0.242 e. The van der Waals surface area contributed by atoms with Crippen LogP contribution in [0.4, 0.5) is 0 Å². The van der Waals surface area contributed by atoms with E-state index in [2.05, 4.69) is 4.98 Å². The van der Waals surface area contributed by atoms with Crippen LogP contribution in [0, 0.1) is 0 Å². The van der Waals surface area contributed by atoms with Gasteiger partial charge in [0.05, 0.1) is 23.5 Å². The first-order valence-electron chi connectivity index (χ1n) is 5.60. The lowest BCUT2D eigenvalue weighted by Crippen LogP contribution is -2.54. The molecule has 1 N–H and O–H groups in total. The van der Waals surface area contributed by atoms with Crippen LogP contribution in [0.15, 0.2) is 30.6 Å². The number of β-amino-alcohol motifs (C(OH)–C–C–N with tert-alkyl or cyclic N) is 1. The number of amides is 1. The maximum absolute atomic E-state index is 11.8. The molecule has 0 bridgehead atoms. The lowest BCUT2D eigenvalue weighted by molar-refractivity contribution is -0.141. The highest BCUT2D eigenvalue weighted by Gasteiger charge is 2.28. The van der Waals surface area contributed by atoms with E-state index in [1.54, 1.807) is 11.2 Å². The normalized spacial score (nSPS) is 16.2. The summed E-state index contributed by atoms with van der Waals surface area (Å²) in [6.45, 7) is 1.18. The van der Waals surface area contributed by atoms with Gasteiger partial charge in [0.2, 0.25) is 5.91 Å². The second kappa shape index (κ2) is 3.85. The summed E-state index contributed by atoms with van der Waals surface area (Å²) in [5.41, 5.74) is 1.85. The van der Waals surface area contributed by atoms with Crippen LogP contribution in [-0.2, 0) is 11.3 Å². The van der Waals surface area contributed by atoms with Crippen molar-refractivity contribution in [2.75, 3.05) is 13.1 Å². The van der Waals surface area contributed by atoms with Crippen LogP contribution in [0.1, 0.15) is 0 Å². The van der Waals surface area contributed by atoms with Gasteiger partial charge in [-0.15, -0.1) is 0 Å². The maximum atomic E-state index is 11.8. The Morgan fingerprint density at radius 3 is 2.94 bits per heavy atom. The number of carbonyl (C=O) groups is 1. The molecule has 0 aliphatic carbocycles. The van der Waals surface area contributed by atoms with Gasteiger partial charge >= 0.3 is 0 Å². The zero-order valence-corrected chi connectivity index (χ0v) is 9.28. The molecule has 0 unspecified atom stereocenters. The zero-order valence-electron chi connectivity index (χ0n) is 9.28. The van der Waals surface area contributed by atoms with Gasteiger partial charge < -0.3 is 14.6 Å². The Morgan fingerprint density at radius 1 is 1.41 bits per heavy atom. The fourth-order valence-corrected chi connectivity index (χ4v) is 2.04. The van der Waals surface area contributed by atoms with E-state index in [0.717, 1.165) is 11.0 Å². The second-order valence-electron chi connectivity index (χ2n) is 4.31. The van der Waals surface area contributed by atoms with E-state index in [-0.39, 0.29) is 18.6 Å². The minimum Gasteiger partial charge on any atom is -0.389 e. The molecule has 2 aromatic rings. The zero-order chi connectivity index (χ0) is 11.8. The molecule has 1 aromatic carbocycles. The van der Waals surface area contributed by atoms with Crippen LogP contribution >= 0.6 is 0 Å². The third-order valence-corrected chi connectivity index (χ3v) is 3.05. The number of hydrogen-bond acceptors (Lipinski definition) is 3. The Morgan fingerprint density at radius 2 is 2.18 bits per heavy atom. The number of imidazole rings is 1. The molecule has 0 atom stereocenters. The monoisotopic (exact) mass is 231 g/mol. The van der Waals surface area contributed by atoms with Crippen molar-refractivity contribution < 1.29 is 9.90 Å². The van der Waals surface area contributed by atoms with E-state index in [9.17, 15) is 4.79 Å². The molecule has 5 heteroatoms. The Kier molecular flexibility index (Phi) is 2.33. The topological polar surface area (TPSA) is 58.4 Å². The minimum atomic E-state index is -0.349. The van der Waals surface area contributed by atoms with Crippen molar-refractivity contribution in [1.82, 2.24) is 14.5 Å². The van der Waals surface area contributed by atoms with E-state index in [4.69, 9.17) is 5.11 Å². The molecule has 1 aliphatic rings. The van der Waals surface area contributed by atoms with Crippen molar-refractivity contribution in [1.29, 1.82) is 0 Å². The number of fused-ring (bicyclic) bond motifs is 1. The molecule has 1 amide bonds. The molecule has 17 heavy (non-hydrogen) atoms. The molecule has 1 saturated heterocycles. The van der Waals surface area contributed by atoms with Gasteiger partial charge in [0.25, 0.3) is 0 Å². The molecule has 1 aliphatic heterocycles. The molecule has 88 valence electrons. The first-order chi connectivity index (χ1) is 8.24. The van der Waals surface area contributed by atoms with E-state index < -0.39 is 0 Å². The summed E-state index contributed by atoms with van der Waals surface area (Å²) in [6, 6.07) is 7.72. The van der Waals surface area contributed by atoms with Crippen LogP contribution in [0.3, 0.4) is 0 Å². The first kappa shape index (κ1) is 10.3. The smallest absolute Gasteiger partial charge is 0.242 e. The molecule has 1 fully saturated rings. The Hall–Kier alpha value is -1.88. The summed E-state index contributed by atoms with van der Waals surface area (Å²) in [6.07, 6.45) is 1.33. The SMILES string of the molecule is O=C(Cn1cnc2ccccc21)N1CC(O)C1. The average Bonchev–Trinajstić information content (AvgIpc) is 2.69. The standard InChI is InChI=1S/C12H13N3O2/c16-9-5-14(6-9)12(17)7-15-8-13-10-3-1-2-4-11(10)15/h1-4,8-9,16H,5-7H2. The number of aliphatic hydroxyl groups excluding tert-OH is 1. The fraction of sp³-hybridized carbons (Fsp3) is 0.333. The summed E-state index contributed by atoms with van der Waals surface area (Å²) in [5.74, 6) is 0.0263. The van der Waals surface area contributed by atoms with E-state index in [1.165, 1.54) is 0 Å². The number of benzene rings is 1. The van der Waals surface area contributed by atoms with Crippen LogP contribution in [0.2, 0.25) is 0 Å². The fourth-order valence-electron chi connectivity index (χ4n) is 2.04. The van der Waals surface area contributed by atoms with Gasteiger partial charge in [-0.25, -0.2) is 4.98 Å². The predicted molar refractivity (Wildman–Crippen MR) is 62.3 cm³/mol. The number of rotatable bonds is 2. The number of carbonyl (C=O) groups excluding carboxylic acids is 1. The van der Waals surface area contributed by atoms with Crippen molar-refractivity contribution in [3.63, 3.8) is 0 Å². The summed E-state index contributed by atoms with van der Waals surface area (Å²) in [4.78, 5) is 17.7. The Labute approximate surface area is 98.3 Å². The number of nitrogens with zero attached hydrogens (tertiary/aromatic N) is 3. The highest BCUT2D eigenvalue weighted by Crippen LogP contribution is 2.13. The molecular weight excluding hydrogens is 218 g/mol. The number of likely N-dealkylation sites (tertiary alicyclic amines) is 1. The van der Waals surface area contributed by atoms with E-state index in [1.807, 2.05) is 28.8 Å². The average molecular weight is 231 g/mol. The summed E-state index contributed by atoms with van der Waals surface area (Å²) >= 11 is 0. The van der Waals surface area contributed by atoms with Crippen molar-refractivity contribution in [3.05, 3.63) is 30.6 Å². The van der Waals surface area contributed by atoms with Crippen LogP contribution < -0.4 is 0 Å². The summed E-state index contributed by atoms with van der Waals surface area (Å²) in [7, 11) is 0. The number of aromatic nitrogens is 2. The predicted octanol–water partition coefficient (Wildman–Crippen LogP) is 0.239. The van der Waals surface area contributed by atoms with Crippen molar-refractivity contribution in [2.45, 2.75) is 12.6 Å². The second-order valence-corrected chi connectivity index (χ2v) is 4.31. The quantitative estimate of drug-likeness (QED) is 0.805. The molecule has 5 nitrogen and oxygen atoms in total. The third kappa shape index (κ3) is 1.78.